The molecule has 3 amide bonds. The summed E-state index contributed by atoms with van der Waals surface area (Å²) in [5, 5.41) is 12.7. The molecule has 45 heavy (non-hydrogen) atoms. The lowest BCUT2D eigenvalue weighted by molar-refractivity contribution is -0.159. The fraction of sp³-hybridized carbons (Fsp3) is 0.576. The summed E-state index contributed by atoms with van der Waals surface area (Å²) < 4.78 is 12.3. The van der Waals surface area contributed by atoms with Crippen molar-refractivity contribution < 1.29 is 33.8 Å². The predicted molar refractivity (Wildman–Crippen MR) is 175 cm³/mol. The molecule has 1 unspecified atom stereocenters. The van der Waals surface area contributed by atoms with E-state index in [0.717, 1.165) is 18.8 Å². The van der Waals surface area contributed by atoms with Crippen molar-refractivity contribution in [2.45, 2.75) is 68.7 Å². The van der Waals surface area contributed by atoms with Gasteiger partial charge in [0.1, 0.15) is 17.7 Å². The van der Waals surface area contributed by atoms with Crippen molar-refractivity contribution in [3.05, 3.63) is 49.6 Å². The number of nitrogens with one attached hydrogen (secondary N) is 1. The lowest BCUT2D eigenvalue weighted by Gasteiger charge is -2.37. The molecular formula is C33H45BrN4O7. The molecule has 1 aromatic rings. The van der Waals surface area contributed by atoms with Gasteiger partial charge in [-0.05, 0) is 57.9 Å². The van der Waals surface area contributed by atoms with Crippen LogP contribution >= 0.6 is 15.9 Å². The minimum atomic E-state index is -1.30. The summed E-state index contributed by atoms with van der Waals surface area (Å²) in [6.07, 6.45) is 3.08. The number of halogens is 1. The number of alkyl halides is 1. The summed E-state index contributed by atoms with van der Waals surface area (Å²) >= 11 is 3.66. The van der Waals surface area contributed by atoms with Gasteiger partial charge in [0.25, 0.3) is 5.91 Å². The van der Waals surface area contributed by atoms with Crippen LogP contribution in [0.3, 0.4) is 0 Å². The fourth-order valence-corrected chi connectivity index (χ4v) is 7.90. The van der Waals surface area contributed by atoms with Gasteiger partial charge >= 0.3 is 5.97 Å². The molecule has 0 radical (unpaired) electrons. The van der Waals surface area contributed by atoms with Crippen LogP contribution in [-0.2, 0) is 28.7 Å². The first-order valence-corrected chi connectivity index (χ1v) is 16.6. The molecule has 2 bridgehead atoms. The van der Waals surface area contributed by atoms with Crippen LogP contribution in [0.2, 0.25) is 0 Å². The van der Waals surface area contributed by atoms with Gasteiger partial charge in [-0.25, -0.2) is 0 Å². The number of esters is 1. The molecule has 0 aromatic heterocycles. The Morgan fingerprint density at radius 1 is 1.20 bits per heavy atom. The number of fused-ring (bicyclic) bond motifs is 1. The molecule has 11 nitrogen and oxygen atoms in total. The largest absolute Gasteiger partial charge is 0.460 e. The summed E-state index contributed by atoms with van der Waals surface area (Å²) in [6, 6.07) is 6.58. The summed E-state index contributed by atoms with van der Waals surface area (Å²) in [6.45, 7) is 14.8. The molecule has 12 heteroatoms. The molecule has 4 rings (SSSR count). The Labute approximate surface area is 273 Å². The van der Waals surface area contributed by atoms with Gasteiger partial charge < -0.3 is 34.6 Å². The number of aliphatic hydroxyl groups excluding tert-OH is 1. The first kappa shape index (κ1) is 34.6. The van der Waals surface area contributed by atoms with E-state index in [1.165, 1.54) is 4.90 Å². The van der Waals surface area contributed by atoms with Crippen LogP contribution in [0.1, 0.15) is 40.0 Å². The molecule has 7 atom stereocenters. The van der Waals surface area contributed by atoms with Gasteiger partial charge in [0, 0.05) is 48.8 Å². The van der Waals surface area contributed by atoms with Crippen molar-refractivity contribution >= 4 is 51.0 Å². The molecule has 0 aliphatic carbocycles. The topological polar surface area (TPSA) is 129 Å². The Bertz CT molecular complexity index is 1270. The van der Waals surface area contributed by atoms with Crippen molar-refractivity contribution in [1.82, 2.24) is 10.2 Å². The maximum absolute atomic E-state index is 14.5. The molecule has 3 heterocycles. The van der Waals surface area contributed by atoms with E-state index in [-0.39, 0.29) is 49.3 Å². The number of likely N-dealkylation sites (tertiary alicyclic amines) is 1. The summed E-state index contributed by atoms with van der Waals surface area (Å²) in [7, 11) is 0. The highest BCUT2D eigenvalue weighted by atomic mass is 79.9. The van der Waals surface area contributed by atoms with Gasteiger partial charge in [0.2, 0.25) is 11.8 Å². The van der Waals surface area contributed by atoms with E-state index >= 15 is 0 Å². The van der Waals surface area contributed by atoms with Crippen LogP contribution in [0.25, 0.3) is 0 Å². The number of nitrogens with zero attached hydrogens (tertiary/aromatic N) is 3. The molecule has 3 saturated heterocycles. The predicted octanol–water partition coefficient (Wildman–Crippen LogP) is 2.81. The summed E-state index contributed by atoms with van der Waals surface area (Å²) in [4.78, 5) is 59.1. The monoisotopic (exact) mass is 688 g/mol. The number of rotatable bonds is 16. The number of hydrogen-bond acceptors (Lipinski definition) is 8. The van der Waals surface area contributed by atoms with E-state index in [0.29, 0.717) is 18.5 Å². The normalized spacial score (nSPS) is 27.1. The third-order valence-electron chi connectivity index (χ3n) is 8.98. The Morgan fingerprint density at radius 3 is 2.47 bits per heavy atom. The first-order valence-electron chi connectivity index (χ1n) is 15.7. The average Bonchev–Trinajstić information content (AvgIpc) is 3.62. The Hall–Kier alpha value is -3.22. The van der Waals surface area contributed by atoms with E-state index in [2.05, 4.69) is 53.2 Å². The summed E-state index contributed by atoms with van der Waals surface area (Å²) in [5.41, 5.74) is 0.363. The van der Waals surface area contributed by atoms with Crippen molar-refractivity contribution in [2.75, 3.05) is 49.1 Å². The van der Waals surface area contributed by atoms with Crippen molar-refractivity contribution in [2.24, 2.45) is 11.8 Å². The quantitative estimate of drug-likeness (QED) is 0.154. The second-order valence-electron chi connectivity index (χ2n) is 11.7. The smallest absolute Gasteiger partial charge is 0.312 e. The number of carbonyl (C=O) groups excluding carboxylic acids is 4. The third kappa shape index (κ3) is 6.69. The van der Waals surface area contributed by atoms with Crippen molar-refractivity contribution in [1.29, 1.82) is 0 Å². The Morgan fingerprint density at radius 2 is 1.87 bits per heavy atom. The second kappa shape index (κ2) is 14.9. The van der Waals surface area contributed by atoms with E-state index < -0.39 is 47.6 Å². The van der Waals surface area contributed by atoms with Crippen molar-refractivity contribution in [3.63, 3.8) is 0 Å². The van der Waals surface area contributed by atoms with Crippen LogP contribution in [0.15, 0.2) is 49.6 Å². The molecule has 3 aliphatic heterocycles. The van der Waals surface area contributed by atoms with Gasteiger partial charge in [-0.2, -0.15) is 0 Å². The number of hydrogen-bond donors (Lipinski definition) is 2. The van der Waals surface area contributed by atoms with Gasteiger partial charge in [-0.3, -0.25) is 19.2 Å². The van der Waals surface area contributed by atoms with Crippen LogP contribution in [0, 0.1) is 11.8 Å². The fourth-order valence-electron chi connectivity index (χ4n) is 6.96. The SMILES string of the molecule is C=CCCC(=O)NC[C@@H](C)OC(=O)[C@@H]1[C@H]2O[C@@]3(CC2Br)[C@H](C(=O)N(CC=C)c2ccc(N(CC)CC)cc2)N(CCO)C(=O)[C@@H]13. The van der Waals surface area contributed by atoms with Crippen LogP contribution < -0.4 is 15.1 Å². The average molecular weight is 690 g/mol. The number of carbonyl (C=O) groups is 4. The zero-order valence-corrected chi connectivity index (χ0v) is 27.9. The van der Waals surface area contributed by atoms with Gasteiger partial charge in [0.15, 0.2) is 0 Å². The van der Waals surface area contributed by atoms with E-state index in [1.54, 1.807) is 24.0 Å². The number of benzene rings is 1. The number of β-amino-alcohol motifs (C(OH)–C–C–N with tert-alkyl or cyclic N) is 1. The lowest BCUT2D eigenvalue weighted by Crippen LogP contribution is -2.57. The summed E-state index contributed by atoms with van der Waals surface area (Å²) in [5.74, 6) is -3.53. The maximum Gasteiger partial charge on any atom is 0.312 e. The molecule has 1 spiro atoms. The van der Waals surface area contributed by atoms with E-state index in [9.17, 15) is 24.3 Å². The molecule has 246 valence electrons. The molecular weight excluding hydrogens is 644 g/mol. The minimum Gasteiger partial charge on any atom is -0.460 e. The highest BCUT2D eigenvalue weighted by molar-refractivity contribution is 9.09. The highest BCUT2D eigenvalue weighted by Gasteiger charge is 2.77. The number of ether oxygens (including phenoxy) is 2. The molecule has 3 fully saturated rings. The third-order valence-corrected chi connectivity index (χ3v) is 9.83. The second-order valence-corrected chi connectivity index (χ2v) is 12.9. The molecule has 3 aliphatic rings. The Balaban J connectivity index is 1.61. The highest BCUT2D eigenvalue weighted by Crippen LogP contribution is 2.60. The van der Waals surface area contributed by atoms with Crippen LogP contribution in [-0.4, -0.2) is 102 Å². The molecule has 0 saturated carbocycles. The zero-order valence-electron chi connectivity index (χ0n) is 26.3. The Kier molecular flexibility index (Phi) is 11.5. The minimum absolute atomic E-state index is 0.0911. The number of aliphatic hydroxyl groups is 1. The van der Waals surface area contributed by atoms with E-state index in [4.69, 9.17) is 9.47 Å². The van der Waals surface area contributed by atoms with E-state index in [1.807, 2.05) is 24.3 Å². The molecule has 2 N–H and O–H groups in total. The van der Waals surface area contributed by atoms with Gasteiger partial charge in [-0.15, -0.1) is 13.2 Å². The van der Waals surface area contributed by atoms with Crippen LogP contribution in [0.4, 0.5) is 11.4 Å². The number of anilines is 2. The molecule has 1 aromatic carbocycles. The van der Waals surface area contributed by atoms with Gasteiger partial charge in [0.05, 0.1) is 31.1 Å². The standard InChI is InChI=1S/C33H45BrN4O7/c1-6-10-11-25(40)35-20-21(5)44-32(43)26-27-30(41)38(17-18-39)29(33(27)19-24(34)28(26)45-33)31(42)37(16-7-2)23-14-12-22(13-15-23)36(8-3)9-4/h6-7,12-15,21,24,26-29,39H,1-2,8-11,16-20H2,3-5H3,(H,35,40)/t21-,24?,26+,27-,28+,29+,33-/m1/s1. The first-order chi connectivity index (χ1) is 21.6. The lowest BCUT2D eigenvalue weighted by atomic mass is 9.70. The number of amides is 3. The number of allylic oxidation sites excluding steroid dienone is 1. The van der Waals surface area contributed by atoms with Crippen molar-refractivity contribution in [3.8, 4) is 0 Å². The van der Waals surface area contributed by atoms with Crippen LogP contribution in [0.5, 0.6) is 0 Å². The van der Waals surface area contributed by atoms with Gasteiger partial charge in [-0.1, -0.05) is 28.1 Å². The zero-order chi connectivity index (χ0) is 32.9. The maximum atomic E-state index is 14.5.